The number of aromatic nitrogens is 2. The lowest BCUT2D eigenvalue weighted by atomic mass is 10.1. The zero-order valence-electron chi connectivity index (χ0n) is 17.9. The highest BCUT2D eigenvalue weighted by Gasteiger charge is 2.34. The van der Waals surface area contributed by atoms with Gasteiger partial charge < -0.3 is 18.9 Å². The van der Waals surface area contributed by atoms with E-state index in [0.29, 0.717) is 44.3 Å². The molecule has 1 aliphatic heterocycles. The molecule has 2 heterocycles. The minimum atomic E-state index is -0.0507. The summed E-state index contributed by atoms with van der Waals surface area (Å²) in [6.45, 7) is 3.65. The average Bonchev–Trinajstić information content (AvgIpc) is 3.41. The van der Waals surface area contributed by atoms with E-state index in [9.17, 15) is 4.79 Å². The van der Waals surface area contributed by atoms with Crippen molar-refractivity contribution < 1.29 is 18.8 Å². The number of amides is 1. The quantitative estimate of drug-likeness (QED) is 0.523. The second-order valence-corrected chi connectivity index (χ2v) is 7.61. The second-order valence-electron chi connectivity index (χ2n) is 7.61. The summed E-state index contributed by atoms with van der Waals surface area (Å²) in [7, 11) is 1.65. The molecule has 0 radical (unpaired) electrons. The molecule has 1 unspecified atom stereocenters. The molecule has 162 valence electrons. The van der Waals surface area contributed by atoms with Crippen LogP contribution in [-0.2, 0) is 24.2 Å². The summed E-state index contributed by atoms with van der Waals surface area (Å²) in [5.41, 5.74) is 2.18. The largest absolute Gasteiger partial charge is 0.497 e. The third kappa shape index (κ3) is 5.05. The maximum atomic E-state index is 12.6. The van der Waals surface area contributed by atoms with E-state index in [2.05, 4.69) is 10.1 Å². The van der Waals surface area contributed by atoms with Gasteiger partial charge in [0.25, 0.3) is 0 Å². The number of rotatable bonds is 9. The van der Waals surface area contributed by atoms with Crippen molar-refractivity contribution in [1.82, 2.24) is 15.0 Å². The van der Waals surface area contributed by atoms with Gasteiger partial charge in [-0.3, -0.25) is 4.79 Å². The molecule has 0 bridgehead atoms. The maximum Gasteiger partial charge on any atom is 0.226 e. The van der Waals surface area contributed by atoms with Crippen molar-refractivity contribution in [3.8, 4) is 11.5 Å². The predicted octanol–water partition coefficient (Wildman–Crippen LogP) is 3.78. The van der Waals surface area contributed by atoms with Crippen LogP contribution < -0.4 is 9.47 Å². The summed E-state index contributed by atoms with van der Waals surface area (Å²) in [5, 5.41) is 4.15. The number of carbonyl (C=O) groups excluding carboxylic acids is 1. The van der Waals surface area contributed by atoms with Crippen molar-refractivity contribution in [2.24, 2.45) is 0 Å². The zero-order chi connectivity index (χ0) is 21.6. The molecule has 0 aliphatic carbocycles. The molecule has 0 saturated carbocycles. The van der Waals surface area contributed by atoms with Crippen molar-refractivity contribution in [2.45, 2.75) is 38.6 Å². The van der Waals surface area contributed by atoms with Gasteiger partial charge in [0.15, 0.2) is 5.82 Å². The molecule has 1 fully saturated rings. The number of nitrogens with zero attached hydrogens (tertiary/aromatic N) is 3. The molecule has 7 nitrogen and oxygen atoms in total. The topological polar surface area (TPSA) is 77.7 Å². The molecule has 4 rings (SSSR count). The Balaban J connectivity index is 1.35. The number of likely N-dealkylation sites (tertiary alicyclic amines) is 1. The summed E-state index contributed by atoms with van der Waals surface area (Å²) >= 11 is 0. The van der Waals surface area contributed by atoms with Gasteiger partial charge in [-0.1, -0.05) is 35.5 Å². The molecular formula is C24H27N3O4. The molecule has 31 heavy (non-hydrogen) atoms. The number of benzene rings is 2. The lowest BCUT2D eigenvalue weighted by Crippen LogP contribution is -2.24. The highest BCUT2D eigenvalue weighted by molar-refractivity contribution is 5.79. The minimum absolute atomic E-state index is 0.0507. The standard InChI is InChI=1S/C24H27N3O4/c1-3-30-21-7-5-4-6-18(21)15-27-16-19(14-23(27)28)24-25-22(31-26-24)13-10-17-8-11-20(29-2)12-9-17/h4-9,11-12,19H,3,10,13-16H2,1-2H3. The second kappa shape index (κ2) is 9.64. The summed E-state index contributed by atoms with van der Waals surface area (Å²) < 4.78 is 16.3. The van der Waals surface area contributed by atoms with E-state index in [1.54, 1.807) is 7.11 Å². The third-order valence-electron chi connectivity index (χ3n) is 5.48. The van der Waals surface area contributed by atoms with Crippen LogP contribution in [0.2, 0.25) is 0 Å². The highest BCUT2D eigenvalue weighted by Crippen LogP contribution is 2.29. The number of hydrogen-bond acceptors (Lipinski definition) is 6. The van der Waals surface area contributed by atoms with Crippen molar-refractivity contribution in [3.63, 3.8) is 0 Å². The van der Waals surface area contributed by atoms with Crippen molar-refractivity contribution in [1.29, 1.82) is 0 Å². The molecule has 0 N–H and O–H groups in total. The van der Waals surface area contributed by atoms with E-state index in [-0.39, 0.29) is 11.8 Å². The first-order valence-corrected chi connectivity index (χ1v) is 10.6. The SMILES string of the molecule is CCOc1ccccc1CN1CC(c2noc(CCc3ccc(OC)cc3)n2)CC1=O. The molecule has 1 atom stereocenters. The Morgan fingerprint density at radius 3 is 2.71 bits per heavy atom. The van der Waals surface area contributed by atoms with Gasteiger partial charge in [0.05, 0.1) is 13.7 Å². The fourth-order valence-corrected chi connectivity index (χ4v) is 3.81. The van der Waals surface area contributed by atoms with E-state index in [0.717, 1.165) is 23.5 Å². The van der Waals surface area contributed by atoms with Crippen LogP contribution in [0.15, 0.2) is 53.1 Å². The van der Waals surface area contributed by atoms with Crippen LogP contribution in [-0.4, -0.2) is 41.2 Å². The predicted molar refractivity (Wildman–Crippen MR) is 115 cm³/mol. The van der Waals surface area contributed by atoms with Crippen LogP contribution >= 0.6 is 0 Å². The van der Waals surface area contributed by atoms with Crippen LogP contribution in [0.3, 0.4) is 0 Å². The van der Waals surface area contributed by atoms with Gasteiger partial charge in [0.2, 0.25) is 11.8 Å². The molecule has 1 saturated heterocycles. The normalized spacial score (nSPS) is 16.0. The van der Waals surface area contributed by atoms with Crippen LogP contribution in [0.4, 0.5) is 0 Å². The Morgan fingerprint density at radius 2 is 1.94 bits per heavy atom. The summed E-state index contributed by atoms with van der Waals surface area (Å²) in [6.07, 6.45) is 1.86. The Bertz CT molecular complexity index is 1020. The smallest absolute Gasteiger partial charge is 0.226 e. The highest BCUT2D eigenvalue weighted by atomic mass is 16.5. The van der Waals surface area contributed by atoms with E-state index in [4.69, 9.17) is 14.0 Å². The zero-order valence-corrected chi connectivity index (χ0v) is 17.9. The third-order valence-corrected chi connectivity index (χ3v) is 5.48. The van der Waals surface area contributed by atoms with E-state index in [1.165, 1.54) is 5.56 Å². The fraction of sp³-hybridized carbons (Fsp3) is 0.375. The van der Waals surface area contributed by atoms with Gasteiger partial charge in [-0.15, -0.1) is 0 Å². The fourth-order valence-electron chi connectivity index (χ4n) is 3.81. The molecule has 7 heteroatoms. The lowest BCUT2D eigenvalue weighted by molar-refractivity contribution is -0.128. The number of carbonyl (C=O) groups is 1. The van der Waals surface area contributed by atoms with Crippen molar-refractivity contribution in [3.05, 3.63) is 71.4 Å². The number of ether oxygens (including phenoxy) is 2. The number of para-hydroxylation sites is 1. The van der Waals surface area contributed by atoms with E-state index < -0.39 is 0 Å². The molecule has 2 aromatic carbocycles. The Kier molecular flexibility index (Phi) is 6.50. The first-order valence-electron chi connectivity index (χ1n) is 10.6. The average molecular weight is 421 g/mol. The van der Waals surface area contributed by atoms with Gasteiger partial charge in [-0.2, -0.15) is 4.98 Å². The van der Waals surface area contributed by atoms with Gasteiger partial charge in [0.1, 0.15) is 11.5 Å². The van der Waals surface area contributed by atoms with Crippen LogP contribution in [0, 0.1) is 0 Å². The van der Waals surface area contributed by atoms with Gasteiger partial charge in [-0.25, -0.2) is 0 Å². The van der Waals surface area contributed by atoms with Crippen molar-refractivity contribution in [2.75, 3.05) is 20.3 Å². The lowest BCUT2D eigenvalue weighted by Gasteiger charge is -2.18. The van der Waals surface area contributed by atoms with Crippen LogP contribution in [0.25, 0.3) is 0 Å². The van der Waals surface area contributed by atoms with E-state index in [1.807, 2.05) is 60.4 Å². The molecular weight excluding hydrogens is 394 g/mol. The number of aryl methyl sites for hydroxylation is 2. The van der Waals surface area contributed by atoms with Gasteiger partial charge >= 0.3 is 0 Å². The van der Waals surface area contributed by atoms with Crippen molar-refractivity contribution >= 4 is 5.91 Å². The van der Waals surface area contributed by atoms with E-state index >= 15 is 0 Å². The maximum absolute atomic E-state index is 12.6. The van der Waals surface area contributed by atoms with Crippen LogP contribution in [0.1, 0.15) is 42.1 Å². The summed E-state index contributed by atoms with van der Waals surface area (Å²) in [4.78, 5) is 19.0. The van der Waals surface area contributed by atoms with Gasteiger partial charge in [0, 0.05) is 37.4 Å². The Labute approximate surface area is 182 Å². The number of methoxy groups -OCH3 is 1. The minimum Gasteiger partial charge on any atom is -0.497 e. The Hall–Kier alpha value is -3.35. The molecule has 1 aromatic heterocycles. The monoisotopic (exact) mass is 421 g/mol. The first kappa shape index (κ1) is 20.9. The molecule has 1 aliphatic rings. The summed E-state index contributed by atoms with van der Waals surface area (Å²) in [6, 6.07) is 15.8. The number of hydrogen-bond donors (Lipinski definition) is 0. The summed E-state index contributed by atoms with van der Waals surface area (Å²) in [5.74, 6) is 2.91. The molecule has 3 aromatic rings. The first-order chi connectivity index (χ1) is 15.2. The van der Waals surface area contributed by atoms with Gasteiger partial charge in [-0.05, 0) is 37.1 Å². The van der Waals surface area contributed by atoms with Crippen LogP contribution in [0.5, 0.6) is 11.5 Å². The molecule has 1 amide bonds. The Morgan fingerprint density at radius 1 is 1.13 bits per heavy atom. The molecule has 0 spiro atoms.